The number of carbonyl (C=O) groups excluding carboxylic acids is 1. The molecule has 4 unspecified atom stereocenters. The van der Waals surface area contributed by atoms with Crippen molar-refractivity contribution >= 4 is 5.78 Å². The standard InChI is InChI=1S/C20H28O6/c1-9-10-7-11(21)12-18-6-4-5-17(2,3)13(18)16(24)20(25,26-8-18)19(12,14(9)22)15(10)23/h10-13,15-16,21,23-25H,1,4-8H2,2-3H3/t10-,11?,12?,13?,15+,16-,18+,19-,20?/m0/s1. The molecule has 4 saturated carbocycles. The van der Waals surface area contributed by atoms with Crippen molar-refractivity contribution in [2.45, 2.75) is 63.6 Å². The Balaban J connectivity index is 1.82. The number of Topliss-reactive ketones (excluding diaryl/α,β-unsaturated/α-hetero) is 1. The first-order valence-corrected chi connectivity index (χ1v) is 9.70. The minimum Gasteiger partial charge on any atom is -0.393 e. The van der Waals surface area contributed by atoms with Crippen molar-refractivity contribution in [3.8, 4) is 0 Å². The second kappa shape index (κ2) is 4.61. The van der Waals surface area contributed by atoms with E-state index in [1.165, 1.54) is 0 Å². The van der Waals surface area contributed by atoms with Gasteiger partial charge < -0.3 is 25.2 Å². The van der Waals surface area contributed by atoms with Gasteiger partial charge in [0, 0.05) is 23.2 Å². The van der Waals surface area contributed by atoms with Crippen LogP contribution in [0.25, 0.3) is 0 Å². The predicted octanol–water partition coefficient (Wildman–Crippen LogP) is 0.376. The fraction of sp³-hybridized carbons (Fsp3) is 0.850. The van der Waals surface area contributed by atoms with Gasteiger partial charge in [0.25, 0.3) is 0 Å². The fourth-order valence-corrected chi connectivity index (χ4v) is 8.03. The average molecular weight is 364 g/mol. The van der Waals surface area contributed by atoms with Crippen LogP contribution < -0.4 is 0 Å². The Morgan fingerprint density at radius 1 is 1.12 bits per heavy atom. The third kappa shape index (κ3) is 1.44. The Kier molecular flexibility index (Phi) is 3.07. The lowest BCUT2D eigenvalue weighted by molar-refractivity contribution is -0.456. The second-order valence-electron chi connectivity index (χ2n) is 10.0. The van der Waals surface area contributed by atoms with Crippen molar-refractivity contribution in [3.63, 3.8) is 0 Å². The molecule has 4 N–H and O–H groups in total. The third-order valence-corrected chi connectivity index (χ3v) is 8.75. The van der Waals surface area contributed by atoms with E-state index < -0.39 is 52.5 Å². The van der Waals surface area contributed by atoms with Crippen LogP contribution in [0.4, 0.5) is 0 Å². The molecule has 4 bridgehead atoms. The molecule has 0 amide bonds. The summed E-state index contributed by atoms with van der Waals surface area (Å²) in [6.07, 6.45) is -0.572. The highest BCUT2D eigenvalue weighted by molar-refractivity contribution is 6.05. The first kappa shape index (κ1) is 17.3. The maximum absolute atomic E-state index is 13.4. The molecule has 6 heteroatoms. The van der Waals surface area contributed by atoms with E-state index in [0.29, 0.717) is 6.42 Å². The van der Waals surface area contributed by atoms with E-state index in [1.807, 2.05) is 0 Å². The average Bonchev–Trinajstić information content (AvgIpc) is 2.67. The quantitative estimate of drug-likeness (QED) is 0.463. The lowest BCUT2D eigenvalue weighted by Crippen LogP contribution is -2.85. The largest absolute Gasteiger partial charge is 0.393 e. The molecular weight excluding hydrogens is 336 g/mol. The summed E-state index contributed by atoms with van der Waals surface area (Å²) in [7, 11) is 0. The Morgan fingerprint density at radius 2 is 1.81 bits per heavy atom. The molecule has 2 saturated heterocycles. The molecule has 6 fully saturated rings. The van der Waals surface area contributed by atoms with E-state index in [4.69, 9.17) is 4.74 Å². The molecule has 144 valence electrons. The zero-order valence-corrected chi connectivity index (χ0v) is 15.3. The van der Waals surface area contributed by atoms with Crippen molar-refractivity contribution in [2.24, 2.45) is 34.0 Å². The van der Waals surface area contributed by atoms with Crippen molar-refractivity contribution in [1.29, 1.82) is 0 Å². The highest BCUT2D eigenvalue weighted by Crippen LogP contribution is 2.76. The number of rotatable bonds is 0. The second-order valence-corrected chi connectivity index (χ2v) is 10.0. The van der Waals surface area contributed by atoms with Crippen LogP contribution >= 0.6 is 0 Å². The van der Waals surface area contributed by atoms with Gasteiger partial charge in [-0.15, -0.1) is 0 Å². The van der Waals surface area contributed by atoms with Gasteiger partial charge in [-0.25, -0.2) is 0 Å². The molecule has 26 heavy (non-hydrogen) atoms. The maximum atomic E-state index is 13.4. The van der Waals surface area contributed by atoms with Crippen LogP contribution in [0.5, 0.6) is 0 Å². The van der Waals surface area contributed by atoms with E-state index >= 15 is 0 Å². The molecule has 2 spiro atoms. The summed E-state index contributed by atoms with van der Waals surface area (Å²) in [6, 6.07) is 0. The van der Waals surface area contributed by atoms with Crippen molar-refractivity contribution in [3.05, 3.63) is 12.2 Å². The molecule has 2 heterocycles. The van der Waals surface area contributed by atoms with E-state index in [2.05, 4.69) is 20.4 Å². The summed E-state index contributed by atoms with van der Waals surface area (Å²) in [5.41, 5.74) is -2.40. The van der Waals surface area contributed by atoms with E-state index in [1.54, 1.807) is 0 Å². The van der Waals surface area contributed by atoms with Gasteiger partial charge in [-0.3, -0.25) is 4.79 Å². The molecule has 4 aliphatic carbocycles. The summed E-state index contributed by atoms with van der Waals surface area (Å²) in [6.45, 7) is 8.18. The number of aliphatic hydroxyl groups excluding tert-OH is 3. The molecule has 2 aliphatic heterocycles. The first-order chi connectivity index (χ1) is 12.1. The molecule has 6 rings (SSSR count). The number of ether oxygens (including phenoxy) is 1. The van der Waals surface area contributed by atoms with E-state index in [0.717, 1.165) is 12.8 Å². The van der Waals surface area contributed by atoms with Gasteiger partial charge in [0.1, 0.15) is 11.5 Å². The monoisotopic (exact) mass is 364 g/mol. The topological polar surface area (TPSA) is 107 Å². The minimum atomic E-state index is -2.20. The summed E-state index contributed by atoms with van der Waals surface area (Å²) in [4.78, 5) is 13.4. The number of hydrogen-bond acceptors (Lipinski definition) is 6. The van der Waals surface area contributed by atoms with Crippen LogP contribution in [0.15, 0.2) is 12.2 Å². The summed E-state index contributed by atoms with van der Waals surface area (Å²) < 4.78 is 5.83. The highest BCUT2D eigenvalue weighted by Gasteiger charge is 2.87. The van der Waals surface area contributed by atoms with Gasteiger partial charge in [0.2, 0.25) is 5.79 Å². The zero-order chi connectivity index (χ0) is 18.9. The molecule has 0 aromatic rings. The number of fused-ring (bicyclic) bond motifs is 2. The van der Waals surface area contributed by atoms with Gasteiger partial charge in [0.15, 0.2) is 5.78 Å². The Labute approximate surface area is 152 Å². The lowest BCUT2D eigenvalue weighted by atomic mass is 9.36. The van der Waals surface area contributed by atoms with Crippen LogP contribution in [-0.2, 0) is 9.53 Å². The molecule has 0 radical (unpaired) electrons. The number of hydrogen-bond donors (Lipinski definition) is 4. The lowest BCUT2D eigenvalue weighted by Gasteiger charge is -2.74. The van der Waals surface area contributed by atoms with Gasteiger partial charge in [0.05, 0.1) is 18.8 Å². The Morgan fingerprint density at radius 3 is 2.50 bits per heavy atom. The normalized spacial score (nSPS) is 59.9. The first-order valence-electron chi connectivity index (χ1n) is 9.70. The van der Waals surface area contributed by atoms with Gasteiger partial charge in [-0.05, 0) is 30.3 Å². The maximum Gasteiger partial charge on any atom is 0.208 e. The van der Waals surface area contributed by atoms with Crippen LogP contribution in [0, 0.1) is 34.0 Å². The van der Waals surface area contributed by atoms with Crippen LogP contribution in [-0.4, -0.2) is 56.9 Å². The van der Waals surface area contributed by atoms with Crippen molar-refractivity contribution in [1.82, 2.24) is 0 Å². The van der Waals surface area contributed by atoms with E-state index in [-0.39, 0.29) is 29.9 Å². The highest BCUT2D eigenvalue weighted by atomic mass is 16.6. The molecule has 6 nitrogen and oxygen atoms in total. The van der Waals surface area contributed by atoms with Crippen LogP contribution in [0.1, 0.15) is 39.5 Å². The Hall–Kier alpha value is -0.790. The van der Waals surface area contributed by atoms with Crippen LogP contribution in [0.2, 0.25) is 0 Å². The Bertz CT molecular complexity index is 717. The summed E-state index contributed by atoms with van der Waals surface area (Å²) in [5, 5.41) is 45.1. The van der Waals surface area contributed by atoms with Gasteiger partial charge in [-0.2, -0.15) is 0 Å². The van der Waals surface area contributed by atoms with Crippen LogP contribution in [0.3, 0.4) is 0 Å². The molecule has 0 aromatic heterocycles. The smallest absolute Gasteiger partial charge is 0.208 e. The zero-order valence-electron chi connectivity index (χ0n) is 15.3. The minimum absolute atomic E-state index is 0.190. The fourth-order valence-electron chi connectivity index (χ4n) is 8.03. The van der Waals surface area contributed by atoms with Crippen molar-refractivity contribution in [2.75, 3.05) is 6.61 Å². The summed E-state index contributed by atoms with van der Waals surface area (Å²) >= 11 is 0. The predicted molar refractivity (Wildman–Crippen MR) is 90.7 cm³/mol. The molecule has 9 atom stereocenters. The third-order valence-electron chi connectivity index (χ3n) is 8.75. The molecule has 6 aliphatic rings. The number of ketones is 1. The summed E-state index contributed by atoms with van der Waals surface area (Å²) in [5.74, 6) is -4.19. The van der Waals surface area contributed by atoms with Crippen molar-refractivity contribution < 1.29 is 30.0 Å². The molecule has 0 aromatic carbocycles. The van der Waals surface area contributed by atoms with Gasteiger partial charge >= 0.3 is 0 Å². The number of aliphatic hydroxyl groups is 4. The SMILES string of the molecule is C=C1C(=O)[C@@]23C(C(O)C[C@@H]1[C@H]2O)[C@]12CCCC(C)(C)C1[C@H](O)C3(O)OC2. The molecular formula is C20H28O6. The number of carbonyl (C=O) groups is 1. The van der Waals surface area contributed by atoms with Gasteiger partial charge in [-0.1, -0.05) is 26.8 Å². The van der Waals surface area contributed by atoms with E-state index in [9.17, 15) is 25.2 Å².